The van der Waals surface area contributed by atoms with Gasteiger partial charge < -0.3 is 5.73 Å². The molecule has 1 aromatic heterocycles. The lowest BCUT2D eigenvalue weighted by Crippen LogP contribution is -1.93. The molecule has 2 rings (SSSR count). The third-order valence-corrected chi connectivity index (χ3v) is 1.80. The number of nitriles is 1. The third-order valence-electron chi connectivity index (χ3n) is 1.80. The molecule has 0 aliphatic rings. The van der Waals surface area contributed by atoms with Gasteiger partial charge in [0, 0.05) is 5.39 Å². The maximum Gasteiger partial charge on any atom is 0.134 e. The molecule has 0 radical (unpaired) electrons. The number of aromatic nitrogens is 2. The number of hydrogen-bond acceptors (Lipinski definition) is 4. The second-order valence-electron chi connectivity index (χ2n) is 2.60. The first kappa shape index (κ1) is 7.50. The number of rotatable bonds is 0. The largest absolute Gasteiger partial charge is 0.383 e. The second kappa shape index (κ2) is 2.72. The molecular weight excluding hydrogens is 164 g/mol. The summed E-state index contributed by atoms with van der Waals surface area (Å²) in [7, 11) is 0. The highest BCUT2D eigenvalue weighted by molar-refractivity contribution is 5.88. The van der Waals surface area contributed by atoms with E-state index in [4.69, 9.17) is 11.0 Å². The van der Waals surface area contributed by atoms with Crippen molar-refractivity contribution in [2.45, 2.75) is 0 Å². The quantitative estimate of drug-likeness (QED) is 0.641. The summed E-state index contributed by atoms with van der Waals surface area (Å²) in [5.41, 5.74) is 6.89. The van der Waals surface area contributed by atoms with E-state index in [1.807, 2.05) is 6.07 Å². The Morgan fingerprint density at radius 3 is 2.92 bits per heavy atom. The molecular formula is C9H6N4. The number of nitrogens with two attached hydrogens (primary N) is 1. The molecule has 0 fully saturated rings. The van der Waals surface area contributed by atoms with Crippen LogP contribution in [0.3, 0.4) is 0 Å². The molecule has 0 aliphatic heterocycles. The van der Waals surface area contributed by atoms with E-state index in [1.165, 1.54) is 6.33 Å². The highest BCUT2D eigenvalue weighted by atomic mass is 14.9. The van der Waals surface area contributed by atoms with Crippen molar-refractivity contribution < 1.29 is 0 Å². The minimum atomic E-state index is 0.439. The van der Waals surface area contributed by atoms with Crippen LogP contribution in [0.25, 0.3) is 10.9 Å². The van der Waals surface area contributed by atoms with Gasteiger partial charge in [-0.3, -0.25) is 0 Å². The zero-order chi connectivity index (χ0) is 9.26. The summed E-state index contributed by atoms with van der Waals surface area (Å²) < 4.78 is 0. The zero-order valence-electron chi connectivity index (χ0n) is 6.73. The molecule has 0 spiro atoms. The van der Waals surface area contributed by atoms with E-state index < -0.39 is 0 Å². The van der Waals surface area contributed by atoms with Crippen molar-refractivity contribution in [3.05, 3.63) is 30.1 Å². The van der Waals surface area contributed by atoms with E-state index in [0.29, 0.717) is 16.9 Å². The Kier molecular flexibility index (Phi) is 1.57. The van der Waals surface area contributed by atoms with Gasteiger partial charge in [-0.05, 0) is 18.2 Å². The number of nitrogens with zero attached hydrogens (tertiary/aromatic N) is 3. The van der Waals surface area contributed by atoms with Crippen LogP contribution in [0, 0.1) is 11.3 Å². The Morgan fingerprint density at radius 2 is 2.15 bits per heavy atom. The molecule has 62 valence electrons. The van der Waals surface area contributed by atoms with Crippen molar-refractivity contribution in [3.63, 3.8) is 0 Å². The van der Waals surface area contributed by atoms with Crippen LogP contribution in [0.1, 0.15) is 5.56 Å². The van der Waals surface area contributed by atoms with Crippen LogP contribution < -0.4 is 5.73 Å². The summed E-state index contributed by atoms with van der Waals surface area (Å²) in [6.07, 6.45) is 1.39. The van der Waals surface area contributed by atoms with E-state index >= 15 is 0 Å². The summed E-state index contributed by atoms with van der Waals surface area (Å²) in [5, 5.41) is 9.42. The number of benzene rings is 1. The Morgan fingerprint density at radius 1 is 1.31 bits per heavy atom. The van der Waals surface area contributed by atoms with E-state index in [1.54, 1.807) is 18.2 Å². The van der Waals surface area contributed by atoms with Gasteiger partial charge >= 0.3 is 0 Å². The molecule has 4 heteroatoms. The third kappa shape index (κ3) is 1.16. The summed E-state index contributed by atoms with van der Waals surface area (Å²) in [6, 6.07) is 7.17. The molecule has 0 saturated heterocycles. The number of hydrogen-bond donors (Lipinski definition) is 1. The lowest BCUT2D eigenvalue weighted by Gasteiger charge is -1.98. The fourth-order valence-corrected chi connectivity index (χ4v) is 1.15. The SMILES string of the molecule is N#Cc1ccc2c(N)ncnc2c1. The Labute approximate surface area is 74.6 Å². The predicted octanol–water partition coefficient (Wildman–Crippen LogP) is 1.08. The first-order chi connectivity index (χ1) is 6.31. The van der Waals surface area contributed by atoms with E-state index in [2.05, 4.69) is 9.97 Å². The topological polar surface area (TPSA) is 75.6 Å². The Hall–Kier alpha value is -2.15. The van der Waals surface area contributed by atoms with Gasteiger partial charge in [0.25, 0.3) is 0 Å². The molecule has 1 heterocycles. The summed E-state index contributed by atoms with van der Waals surface area (Å²) in [4.78, 5) is 7.85. The monoisotopic (exact) mass is 170 g/mol. The fraction of sp³-hybridized carbons (Fsp3) is 0. The van der Waals surface area contributed by atoms with Gasteiger partial charge in [0.05, 0.1) is 17.1 Å². The number of anilines is 1. The van der Waals surface area contributed by atoms with Gasteiger partial charge in [0.1, 0.15) is 12.1 Å². The first-order valence-electron chi connectivity index (χ1n) is 3.71. The Bertz CT molecular complexity index is 498. The minimum absolute atomic E-state index is 0.439. The molecule has 2 N–H and O–H groups in total. The molecule has 0 atom stereocenters. The second-order valence-corrected chi connectivity index (χ2v) is 2.60. The normalized spacial score (nSPS) is 9.77. The van der Waals surface area contributed by atoms with E-state index in [-0.39, 0.29) is 0 Å². The molecule has 4 nitrogen and oxygen atoms in total. The van der Waals surface area contributed by atoms with Crippen LogP contribution in [0.2, 0.25) is 0 Å². The predicted molar refractivity (Wildman–Crippen MR) is 48.7 cm³/mol. The molecule has 1 aromatic carbocycles. The smallest absolute Gasteiger partial charge is 0.134 e. The van der Waals surface area contributed by atoms with Gasteiger partial charge in [-0.15, -0.1) is 0 Å². The first-order valence-corrected chi connectivity index (χ1v) is 3.71. The van der Waals surface area contributed by atoms with Gasteiger partial charge in [-0.25, -0.2) is 9.97 Å². The highest BCUT2D eigenvalue weighted by Crippen LogP contribution is 2.16. The Balaban J connectivity index is 2.82. The van der Waals surface area contributed by atoms with E-state index in [0.717, 1.165) is 5.39 Å². The van der Waals surface area contributed by atoms with Gasteiger partial charge in [0.15, 0.2) is 0 Å². The van der Waals surface area contributed by atoms with Crippen LogP contribution in [0.5, 0.6) is 0 Å². The van der Waals surface area contributed by atoms with Crippen LogP contribution in [-0.2, 0) is 0 Å². The summed E-state index contributed by atoms with van der Waals surface area (Å²) in [5.74, 6) is 0.439. The van der Waals surface area contributed by atoms with Gasteiger partial charge in [-0.2, -0.15) is 5.26 Å². The molecule has 0 aliphatic carbocycles. The fourth-order valence-electron chi connectivity index (χ4n) is 1.15. The van der Waals surface area contributed by atoms with Crippen molar-refractivity contribution in [1.82, 2.24) is 9.97 Å². The standard InChI is InChI=1S/C9H6N4/c10-4-6-1-2-7-8(3-6)12-5-13-9(7)11/h1-3,5H,(H2,11,12,13). The van der Waals surface area contributed by atoms with Crippen molar-refractivity contribution in [2.24, 2.45) is 0 Å². The summed E-state index contributed by atoms with van der Waals surface area (Å²) >= 11 is 0. The van der Waals surface area contributed by atoms with Crippen molar-refractivity contribution in [3.8, 4) is 6.07 Å². The molecule has 2 aromatic rings. The average Bonchev–Trinajstić information content (AvgIpc) is 2.18. The highest BCUT2D eigenvalue weighted by Gasteiger charge is 2.00. The number of nitrogen functional groups attached to an aromatic ring is 1. The van der Waals surface area contributed by atoms with Gasteiger partial charge in [-0.1, -0.05) is 0 Å². The van der Waals surface area contributed by atoms with Gasteiger partial charge in [0.2, 0.25) is 0 Å². The van der Waals surface area contributed by atoms with Crippen molar-refractivity contribution >= 4 is 16.7 Å². The maximum absolute atomic E-state index is 8.64. The van der Waals surface area contributed by atoms with Crippen molar-refractivity contribution in [2.75, 3.05) is 5.73 Å². The zero-order valence-corrected chi connectivity index (χ0v) is 6.73. The lowest BCUT2D eigenvalue weighted by molar-refractivity contribution is 1.23. The summed E-state index contributed by atoms with van der Waals surface area (Å²) in [6.45, 7) is 0. The van der Waals surface area contributed by atoms with Crippen LogP contribution in [0.4, 0.5) is 5.82 Å². The van der Waals surface area contributed by atoms with Crippen LogP contribution in [0.15, 0.2) is 24.5 Å². The maximum atomic E-state index is 8.64. The molecule has 13 heavy (non-hydrogen) atoms. The average molecular weight is 170 g/mol. The van der Waals surface area contributed by atoms with Crippen molar-refractivity contribution in [1.29, 1.82) is 5.26 Å². The van der Waals surface area contributed by atoms with Crippen LogP contribution >= 0.6 is 0 Å². The number of fused-ring (bicyclic) bond motifs is 1. The lowest BCUT2D eigenvalue weighted by atomic mass is 10.1. The molecule has 0 bridgehead atoms. The molecule has 0 amide bonds. The molecule has 0 saturated carbocycles. The van der Waals surface area contributed by atoms with E-state index in [9.17, 15) is 0 Å². The van der Waals surface area contributed by atoms with Crippen LogP contribution in [-0.4, -0.2) is 9.97 Å². The minimum Gasteiger partial charge on any atom is -0.383 e. The molecule has 0 unspecified atom stereocenters.